The van der Waals surface area contributed by atoms with Crippen molar-refractivity contribution < 1.29 is 0 Å². The van der Waals surface area contributed by atoms with Gasteiger partial charge in [0.05, 0.1) is 0 Å². The number of hydrogen-bond donors (Lipinski definition) is 1. The van der Waals surface area contributed by atoms with Crippen molar-refractivity contribution in [1.82, 2.24) is 0 Å². The lowest BCUT2D eigenvalue weighted by atomic mass is 9.85. The zero-order valence-corrected chi connectivity index (χ0v) is 9.64. The Balaban J connectivity index is 2.38. The zero-order valence-electron chi connectivity index (χ0n) is 8.89. The Kier molecular flexibility index (Phi) is 4.40. The molecule has 0 aliphatic heterocycles. The summed E-state index contributed by atoms with van der Waals surface area (Å²) < 4.78 is 0. The third-order valence-corrected chi connectivity index (χ3v) is 3.05. The molecule has 0 aromatic rings. The van der Waals surface area contributed by atoms with E-state index in [0.717, 1.165) is 30.0 Å². The van der Waals surface area contributed by atoms with E-state index >= 15 is 0 Å². The van der Waals surface area contributed by atoms with Gasteiger partial charge in [-0.05, 0) is 44.1 Å². The molecule has 0 fully saturated rings. The summed E-state index contributed by atoms with van der Waals surface area (Å²) >= 11 is 5.99. The normalized spacial score (nSPS) is 23.1. The Morgan fingerprint density at radius 2 is 2.43 bits per heavy atom. The average molecular weight is 212 g/mol. The van der Waals surface area contributed by atoms with E-state index < -0.39 is 0 Å². The molecule has 0 radical (unpaired) electrons. The van der Waals surface area contributed by atoms with Gasteiger partial charge in [0.1, 0.15) is 0 Å². The van der Waals surface area contributed by atoms with Crippen LogP contribution in [0.5, 0.6) is 0 Å². The smallest absolute Gasteiger partial charge is 0.0186 e. The predicted octanol–water partition coefficient (Wildman–Crippen LogP) is 4.14. The lowest BCUT2D eigenvalue weighted by molar-refractivity contribution is 0.406. The number of nitrogens with one attached hydrogen (secondary N) is 1. The summed E-state index contributed by atoms with van der Waals surface area (Å²) in [6.45, 7) is 4.11. The van der Waals surface area contributed by atoms with Gasteiger partial charge in [0.2, 0.25) is 0 Å². The Morgan fingerprint density at radius 1 is 1.71 bits per heavy atom. The molecule has 14 heavy (non-hydrogen) atoms. The van der Waals surface area contributed by atoms with Crippen LogP contribution >= 0.6 is 11.6 Å². The Labute approximate surface area is 91.4 Å². The van der Waals surface area contributed by atoms with Crippen LogP contribution in [0.3, 0.4) is 0 Å². The third-order valence-electron chi connectivity index (χ3n) is 2.77. The monoisotopic (exact) mass is 211 g/mol. The summed E-state index contributed by atoms with van der Waals surface area (Å²) in [5, 5.41) is 8.34. The van der Waals surface area contributed by atoms with Crippen LogP contribution in [0.4, 0.5) is 0 Å². The highest BCUT2D eigenvalue weighted by Gasteiger charge is 2.17. The van der Waals surface area contributed by atoms with Gasteiger partial charge in [-0.3, -0.25) is 0 Å². The Bertz CT molecular complexity index is 265. The van der Waals surface area contributed by atoms with Crippen molar-refractivity contribution in [2.24, 2.45) is 11.8 Å². The van der Waals surface area contributed by atoms with Crippen molar-refractivity contribution in [3.63, 3.8) is 0 Å². The lowest BCUT2D eigenvalue weighted by Gasteiger charge is -2.22. The molecule has 2 atom stereocenters. The average Bonchev–Trinajstić information content (AvgIpc) is 2.14. The molecule has 0 bridgehead atoms. The maximum absolute atomic E-state index is 7.39. The van der Waals surface area contributed by atoms with Crippen LogP contribution in [-0.4, -0.2) is 5.71 Å². The fraction of sp³-hybridized carbons (Fsp3) is 0.583. The molecule has 0 saturated carbocycles. The maximum atomic E-state index is 7.39. The van der Waals surface area contributed by atoms with E-state index in [1.54, 1.807) is 0 Å². The SMILES string of the molecule is CC(=N)CCC(C)C1C=CC=C(Cl)C1. The molecule has 1 aliphatic rings. The molecule has 2 unspecified atom stereocenters. The molecule has 0 aromatic heterocycles. The van der Waals surface area contributed by atoms with E-state index in [0.29, 0.717) is 11.8 Å². The van der Waals surface area contributed by atoms with Gasteiger partial charge in [-0.1, -0.05) is 30.7 Å². The first kappa shape index (κ1) is 11.5. The number of rotatable bonds is 4. The van der Waals surface area contributed by atoms with Crippen molar-refractivity contribution in [3.8, 4) is 0 Å². The summed E-state index contributed by atoms with van der Waals surface area (Å²) in [4.78, 5) is 0. The van der Waals surface area contributed by atoms with Crippen LogP contribution in [0.2, 0.25) is 0 Å². The van der Waals surface area contributed by atoms with Gasteiger partial charge in [0.25, 0.3) is 0 Å². The van der Waals surface area contributed by atoms with E-state index in [1.807, 2.05) is 19.1 Å². The standard InChI is InChI=1S/C12H18ClN/c1-9(6-7-10(2)14)11-4-3-5-12(13)8-11/h3-5,9,11,14H,6-8H2,1-2H3. The van der Waals surface area contributed by atoms with Gasteiger partial charge < -0.3 is 5.41 Å². The van der Waals surface area contributed by atoms with Gasteiger partial charge in [-0.25, -0.2) is 0 Å². The van der Waals surface area contributed by atoms with Crippen LogP contribution in [0, 0.1) is 17.2 Å². The number of halogens is 1. The first-order valence-electron chi connectivity index (χ1n) is 5.16. The van der Waals surface area contributed by atoms with E-state index in [9.17, 15) is 0 Å². The van der Waals surface area contributed by atoms with Gasteiger partial charge in [-0.2, -0.15) is 0 Å². The molecule has 1 nitrogen and oxygen atoms in total. The first-order valence-corrected chi connectivity index (χ1v) is 5.54. The summed E-state index contributed by atoms with van der Waals surface area (Å²) in [5.74, 6) is 1.18. The van der Waals surface area contributed by atoms with E-state index in [-0.39, 0.29) is 0 Å². The van der Waals surface area contributed by atoms with Crippen molar-refractivity contribution in [2.45, 2.75) is 33.1 Å². The molecule has 0 heterocycles. The predicted molar refractivity (Wildman–Crippen MR) is 63.0 cm³/mol. The number of allylic oxidation sites excluding steroid dienone is 4. The third kappa shape index (κ3) is 3.67. The summed E-state index contributed by atoms with van der Waals surface area (Å²) in [7, 11) is 0. The van der Waals surface area contributed by atoms with Crippen molar-refractivity contribution in [1.29, 1.82) is 5.41 Å². The van der Waals surface area contributed by atoms with E-state index in [1.165, 1.54) is 0 Å². The molecule has 2 heteroatoms. The van der Waals surface area contributed by atoms with Gasteiger partial charge in [0, 0.05) is 10.7 Å². The van der Waals surface area contributed by atoms with Crippen LogP contribution in [0.25, 0.3) is 0 Å². The van der Waals surface area contributed by atoms with Crippen LogP contribution in [0.15, 0.2) is 23.3 Å². The molecule has 78 valence electrons. The molecule has 0 amide bonds. The lowest BCUT2D eigenvalue weighted by Crippen LogP contribution is -2.12. The van der Waals surface area contributed by atoms with Crippen molar-refractivity contribution in [2.75, 3.05) is 0 Å². The first-order chi connectivity index (χ1) is 6.59. The minimum Gasteiger partial charge on any atom is -0.310 e. The van der Waals surface area contributed by atoms with Gasteiger partial charge >= 0.3 is 0 Å². The molecule has 1 aliphatic carbocycles. The van der Waals surface area contributed by atoms with Crippen molar-refractivity contribution in [3.05, 3.63) is 23.3 Å². The summed E-state index contributed by atoms with van der Waals surface area (Å²) in [6.07, 6.45) is 9.21. The second kappa shape index (κ2) is 5.35. The highest BCUT2D eigenvalue weighted by Crippen LogP contribution is 2.29. The molecule has 1 N–H and O–H groups in total. The minimum absolute atomic E-state index is 0.562. The summed E-state index contributed by atoms with van der Waals surface area (Å²) in [5.41, 5.74) is 0.776. The summed E-state index contributed by atoms with van der Waals surface area (Å²) in [6, 6.07) is 0. The Hall–Kier alpha value is -0.560. The fourth-order valence-electron chi connectivity index (χ4n) is 1.71. The quantitative estimate of drug-likeness (QED) is 0.676. The molecule has 0 saturated heterocycles. The highest BCUT2D eigenvalue weighted by atomic mass is 35.5. The number of hydrogen-bond acceptors (Lipinski definition) is 1. The highest BCUT2D eigenvalue weighted by molar-refractivity contribution is 6.29. The van der Waals surface area contributed by atoms with E-state index in [4.69, 9.17) is 17.0 Å². The molecule has 1 rings (SSSR count). The van der Waals surface area contributed by atoms with Crippen molar-refractivity contribution >= 4 is 17.3 Å². The second-order valence-corrected chi connectivity index (χ2v) is 4.65. The largest absolute Gasteiger partial charge is 0.310 e. The van der Waals surface area contributed by atoms with E-state index in [2.05, 4.69) is 13.0 Å². The fourth-order valence-corrected chi connectivity index (χ4v) is 1.96. The molecular formula is C12H18ClN. The topological polar surface area (TPSA) is 23.9 Å². The molecular weight excluding hydrogens is 194 g/mol. The maximum Gasteiger partial charge on any atom is 0.0186 e. The van der Waals surface area contributed by atoms with Crippen LogP contribution < -0.4 is 0 Å². The minimum atomic E-state index is 0.562. The van der Waals surface area contributed by atoms with Crippen LogP contribution in [0.1, 0.15) is 33.1 Å². The molecule has 0 aromatic carbocycles. The second-order valence-electron chi connectivity index (χ2n) is 4.16. The van der Waals surface area contributed by atoms with Gasteiger partial charge in [-0.15, -0.1) is 0 Å². The molecule has 0 spiro atoms. The van der Waals surface area contributed by atoms with Gasteiger partial charge in [0.15, 0.2) is 0 Å². The zero-order chi connectivity index (χ0) is 10.6. The Morgan fingerprint density at radius 3 is 3.00 bits per heavy atom. The van der Waals surface area contributed by atoms with Crippen LogP contribution in [-0.2, 0) is 0 Å².